The van der Waals surface area contributed by atoms with Gasteiger partial charge in [-0.25, -0.2) is 9.59 Å². The molecule has 8 heteroatoms. The highest BCUT2D eigenvalue weighted by atomic mass is 16.5. The second-order valence-electron chi connectivity index (χ2n) is 7.57. The molecule has 8 nitrogen and oxygen atoms in total. The first-order valence-corrected chi connectivity index (χ1v) is 10.2. The molecule has 3 rings (SSSR count). The highest BCUT2D eigenvalue weighted by molar-refractivity contribution is 5.79. The Morgan fingerprint density at radius 3 is 2.19 bits per heavy atom. The normalized spacial score (nSPS) is 14.1. The minimum atomic E-state index is -1.52. The Balaban J connectivity index is 1.46. The van der Waals surface area contributed by atoms with Crippen molar-refractivity contribution in [3.63, 3.8) is 0 Å². The van der Waals surface area contributed by atoms with Crippen LogP contribution in [-0.4, -0.2) is 53.5 Å². The number of benzene rings is 2. The molecule has 0 radical (unpaired) electrons. The van der Waals surface area contributed by atoms with Gasteiger partial charge in [0.05, 0.1) is 0 Å². The van der Waals surface area contributed by atoms with Crippen LogP contribution in [0.25, 0.3) is 11.1 Å². The molecule has 1 aliphatic rings. The van der Waals surface area contributed by atoms with Gasteiger partial charge in [-0.3, -0.25) is 4.79 Å². The van der Waals surface area contributed by atoms with Crippen molar-refractivity contribution in [2.75, 3.05) is 13.2 Å². The van der Waals surface area contributed by atoms with Gasteiger partial charge in [0, 0.05) is 31.3 Å². The number of hydrogen-bond donors (Lipinski definition) is 4. The first-order chi connectivity index (χ1) is 14.9. The Morgan fingerprint density at radius 2 is 1.61 bits per heavy atom. The van der Waals surface area contributed by atoms with Crippen molar-refractivity contribution in [1.82, 2.24) is 10.6 Å². The van der Waals surface area contributed by atoms with Gasteiger partial charge in [0.15, 0.2) is 6.10 Å². The molecule has 4 N–H and O–H groups in total. The van der Waals surface area contributed by atoms with E-state index in [1.54, 1.807) is 6.92 Å². The maximum atomic E-state index is 12.2. The molecule has 0 heterocycles. The SMILES string of the molecule is CC(CC(=O)NCC[C@H](O)C(=O)O)NC(=O)OCC1c2ccccc2-c2ccccc21. The van der Waals surface area contributed by atoms with Gasteiger partial charge in [0.25, 0.3) is 0 Å². The molecule has 0 spiro atoms. The zero-order valence-corrected chi connectivity index (χ0v) is 17.2. The Labute approximate surface area is 180 Å². The summed E-state index contributed by atoms with van der Waals surface area (Å²) in [5.41, 5.74) is 4.52. The summed E-state index contributed by atoms with van der Waals surface area (Å²) in [6.45, 7) is 1.89. The summed E-state index contributed by atoms with van der Waals surface area (Å²) in [6, 6.07) is 15.6. The van der Waals surface area contributed by atoms with Crippen LogP contribution in [0.3, 0.4) is 0 Å². The Hall–Kier alpha value is -3.39. The third-order valence-corrected chi connectivity index (χ3v) is 5.22. The van der Waals surface area contributed by atoms with Gasteiger partial charge in [-0.1, -0.05) is 48.5 Å². The van der Waals surface area contributed by atoms with Crippen LogP contribution in [0.2, 0.25) is 0 Å². The van der Waals surface area contributed by atoms with E-state index in [1.165, 1.54) is 0 Å². The average molecular weight is 426 g/mol. The Bertz CT molecular complexity index is 915. The summed E-state index contributed by atoms with van der Waals surface area (Å²) in [6.07, 6.45) is -2.21. The number of aliphatic hydroxyl groups excluding tert-OH is 1. The number of carboxylic acids is 1. The molecular weight excluding hydrogens is 400 g/mol. The number of aliphatic carboxylic acids is 1. The fraction of sp³-hybridized carbons (Fsp3) is 0.348. The van der Waals surface area contributed by atoms with Gasteiger partial charge in [0.1, 0.15) is 6.61 Å². The van der Waals surface area contributed by atoms with Gasteiger partial charge < -0.3 is 25.6 Å². The van der Waals surface area contributed by atoms with E-state index >= 15 is 0 Å². The fourth-order valence-electron chi connectivity index (χ4n) is 3.71. The van der Waals surface area contributed by atoms with Crippen molar-refractivity contribution < 1.29 is 29.3 Å². The first-order valence-electron chi connectivity index (χ1n) is 10.2. The molecule has 0 fully saturated rings. The van der Waals surface area contributed by atoms with Gasteiger partial charge in [-0.15, -0.1) is 0 Å². The summed E-state index contributed by atoms with van der Waals surface area (Å²) < 4.78 is 5.45. The minimum Gasteiger partial charge on any atom is -0.479 e. The number of alkyl carbamates (subject to hydrolysis) is 1. The molecule has 2 aromatic carbocycles. The van der Waals surface area contributed by atoms with E-state index in [1.807, 2.05) is 36.4 Å². The van der Waals surface area contributed by atoms with Gasteiger partial charge in [-0.2, -0.15) is 0 Å². The molecule has 0 saturated heterocycles. The van der Waals surface area contributed by atoms with Crippen LogP contribution in [0.1, 0.15) is 36.8 Å². The number of amides is 2. The fourth-order valence-corrected chi connectivity index (χ4v) is 3.71. The molecule has 2 atom stereocenters. The lowest BCUT2D eigenvalue weighted by atomic mass is 9.98. The molecule has 31 heavy (non-hydrogen) atoms. The number of hydrogen-bond acceptors (Lipinski definition) is 5. The predicted octanol–water partition coefficient (Wildman–Crippen LogP) is 2.26. The second-order valence-corrected chi connectivity index (χ2v) is 7.57. The summed E-state index contributed by atoms with van der Waals surface area (Å²) in [5.74, 6) is -1.74. The van der Waals surface area contributed by atoms with Gasteiger partial charge in [0.2, 0.25) is 5.91 Å². The highest BCUT2D eigenvalue weighted by Crippen LogP contribution is 2.44. The van der Waals surface area contributed by atoms with Crippen LogP contribution in [0.4, 0.5) is 4.79 Å². The minimum absolute atomic E-state index is 0.00730. The number of rotatable bonds is 9. The lowest BCUT2D eigenvalue weighted by Crippen LogP contribution is -2.38. The van der Waals surface area contributed by atoms with Crippen molar-refractivity contribution in [1.29, 1.82) is 0 Å². The van der Waals surface area contributed by atoms with E-state index in [2.05, 4.69) is 22.8 Å². The number of ether oxygens (including phenoxy) is 1. The highest BCUT2D eigenvalue weighted by Gasteiger charge is 2.29. The quantitative estimate of drug-likeness (QED) is 0.487. The van der Waals surface area contributed by atoms with Crippen LogP contribution in [-0.2, 0) is 14.3 Å². The van der Waals surface area contributed by atoms with E-state index in [4.69, 9.17) is 9.84 Å². The van der Waals surface area contributed by atoms with Gasteiger partial charge in [-0.05, 0) is 29.2 Å². The number of carbonyl (C=O) groups excluding carboxylic acids is 2. The van der Waals surface area contributed by atoms with E-state index in [9.17, 15) is 19.5 Å². The second kappa shape index (κ2) is 10.1. The topological polar surface area (TPSA) is 125 Å². The molecule has 0 aromatic heterocycles. The lowest BCUT2D eigenvalue weighted by molar-refractivity contribution is -0.147. The smallest absolute Gasteiger partial charge is 0.407 e. The van der Waals surface area contributed by atoms with Crippen molar-refractivity contribution in [2.24, 2.45) is 0 Å². The summed E-state index contributed by atoms with van der Waals surface area (Å²) in [5, 5.41) is 22.9. The zero-order chi connectivity index (χ0) is 22.4. The van der Waals surface area contributed by atoms with Crippen LogP contribution in [0.5, 0.6) is 0 Å². The zero-order valence-electron chi connectivity index (χ0n) is 17.2. The summed E-state index contributed by atoms with van der Waals surface area (Å²) in [4.78, 5) is 34.7. The Morgan fingerprint density at radius 1 is 1.03 bits per heavy atom. The third-order valence-electron chi connectivity index (χ3n) is 5.22. The van der Waals surface area contributed by atoms with Crippen molar-refractivity contribution >= 4 is 18.0 Å². The lowest BCUT2D eigenvalue weighted by Gasteiger charge is -2.17. The predicted molar refractivity (Wildman–Crippen MR) is 114 cm³/mol. The molecule has 0 saturated carbocycles. The van der Waals surface area contributed by atoms with Crippen LogP contribution in [0, 0.1) is 0 Å². The Kier molecular flexibility index (Phi) is 7.25. The number of aliphatic hydroxyl groups is 1. The molecule has 0 aliphatic heterocycles. The van der Waals surface area contributed by atoms with E-state index in [0.29, 0.717) is 0 Å². The monoisotopic (exact) mass is 426 g/mol. The number of carboxylic acid groups (broad SMARTS) is 1. The summed E-state index contributed by atoms with van der Waals surface area (Å²) in [7, 11) is 0. The molecule has 1 aliphatic carbocycles. The summed E-state index contributed by atoms with van der Waals surface area (Å²) >= 11 is 0. The standard InChI is InChI=1S/C23H26N2O6/c1-14(12-21(27)24-11-10-20(26)22(28)29)25-23(30)31-13-19-17-8-4-2-6-15(17)16-7-3-5-9-18(16)19/h2-9,14,19-20,26H,10-13H2,1H3,(H,24,27)(H,25,30)(H,28,29)/t14?,20-/m0/s1. The first kappa shape index (κ1) is 22.3. The van der Waals surface area contributed by atoms with E-state index in [0.717, 1.165) is 22.3 Å². The van der Waals surface area contributed by atoms with Crippen LogP contribution >= 0.6 is 0 Å². The van der Waals surface area contributed by atoms with E-state index in [-0.39, 0.29) is 37.8 Å². The van der Waals surface area contributed by atoms with E-state index < -0.39 is 24.2 Å². The molecule has 2 aromatic rings. The largest absolute Gasteiger partial charge is 0.479 e. The third kappa shape index (κ3) is 5.61. The van der Waals surface area contributed by atoms with Gasteiger partial charge >= 0.3 is 12.1 Å². The molecule has 1 unspecified atom stereocenters. The maximum Gasteiger partial charge on any atom is 0.407 e. The molecular formula is C23H26N2O6. The van der Waals surface area contributed by atoms with Crippen LogP contribution < -0.4 is 10.6 Å². The molecule has 0 bridgehead atoms. The number of nitrogens with one attached hydrogen (secondary N) is 2. The molecule has 2 amide bonds. The van der Waals surface area contributed by atoms with Crippen molar-refractivity contribution in [3.05, 3.63) is 59.7 Å². The van der Waals surface area contributed by atoms with Crippen LogP contribution in [0.15, 0.2) is 48.5 Å². The molecule has 164 valence electrons. The number of carbonyl (C=O) groups is 3. The average Bonchev–Trinajstić information content (AvgIpc) is 3.05. The van der Waals surface area contributed by atoms with Crippen molar-refractivity contribution in [3.8, 4) is 11.1 Å². The number of fused-ring (bicyclic) bond motifs is 3. The van der Waals surface area contributed by atoms with Crippen molar-refractivity contribution in [2.45, 2.75) is 37.8 Å². The maximum absolute atomic E-state index is 12.2.